The number of hydrogen-bond donors (Lipinski definition) is 1. The average molecular weight is 434 g/mol. The maximum atomic E-state index is 13.0. The smallest absolute Gasteiger partial charge is 0.348 e. The van der Waals surface area contributed by atoms with E-state index in [1.54, 1.807) is 34.6 Å². The third-order valence-corrected chi connectivity index (χ3v) is 4.94. The van der Waals surface area contributed by atoms with Gasteiger partial charge in [0.2, 0.25) is 5.91 Å². The molecule has 0 saturated carbocycles. The molecule has 0 unspecified atom stereocenters. The van der Waals surface area contributed by atoms with Crippen molar-refractivity contribution in [1.82, 2.24) is 0 Å². The molecule has 160 valence electrons. The first kappa shape index (κ1) is 23.3. The Morgan fingerprint density at radius 3 is 2.13 bits per heavy atom. The Morgan fingerprint density at radius 1 is 1.00 bits per heavy atom. The number of carbonyl (C=O) groups is 3. The summed E-state index contributed by atoms with van der Waals surface area (Å²) in [4.78, 5) is 37.6. The molecule has 0 fully saturated rings. The molecule has 8 heteroatoms. The van der Waals surface area contributed by atoms with E-state index in [4.69, 9.17) is 9.47 Å². The van der Waals surface area contributed by atoms with Crippen LogP contribution in [-0.4, -0.2) is 30.1 Å². The zero-order valence-corrected chi connectivity index (χ0v) is 18.3. The van der Waals surface area contributed by atoms with Crippen LogP contribution in [0.4, 0.5) is 9.39 Å². The van der Waals surface area contributed by atoms with Crippen LogP contribution in [0, 0.1) is 12.7 Å². The summed E-state index contributed by atoms with van der Waals surface area (Å²) in [5, 5.41) is 2.82. The van der Waals surface area contributed by atoms with Gasteiger partial charge in [-0.2, -0.15) is 0 Å². The Bertz CT molecular complexity index is 961. The number of anilines is 1. The Labute approximate surface area is 178 Å². The molecule has 1 amide bonds. The molecule has 30 heavy (non-hydrogen) atoms. The van der Waals surface area contributed by atoms with E-state index >= 15 is 0 Å². The molecule has 0 aliphatic heterocycles. The molecule has 1 aromatic heterocycles. The van der Waals surface area contributed by atoms with Crippen LogP contribution in [0.25, 0.3) is 6.08 Å². The maximum Gasteiger partial charge on any atom is 0.348 e. The van der Waals surface area contributed by atoms with Crippen molar-refractivity contribution in [2.75, 3.05) is 5.32 Å². The Morgan fingerprint density at radius 2 is 1.57 bits per heavy atom. The number of ether oxygens (including phenoxy) is 2. The molecule has 0 aliphatic rings. The summed E-state index contributed by atoms with van der Waals surface area (Å²) < 4.78 is 23.5. The fourth-order valence-corrected chi connectivity index (χ4v) is 3.56. The topological polar surface area (TPSA) is 81.7 Å². The first-order valence-corrected chi connectivity index (χ1v) is 10.2. The van der Waals surface area contributed by atoms with Crippen LogP contribution in [-0.2, 0) is 14.3 Å². The van der Waals surface area contributed by atoms with Gasteiger partial charge in [0.1, 0.15) is 15.7 Å². The summed E-state index contributed by atoms with van der Waals surface area (Å²) in [6, 6.07) is 5.62. The quantitative estimate of drug-likeness (QED) is 0.492. The lowest BCUT2D eigenvalue weighted by Gasteiger charge is -2.10. The number of nitrogens with one attached hydrogen (secondary N) is 1. The summed E-state index contributed by atoms with van der Waals surface area (Å²) in [6.07, 6.45) is 2.06. The molecule has 1 heterocycles. The first-order chi connectivity index (χ1) is 14.1. The second-order valence-electron chi connectivity index (χ2n) is 7.04. The van der Waals surface area contributed by atoms with Crippen LogP contribution in [0.1, 0.15) is 58.9 Å². The zero-order valence-electron chi connectivity index (χ0n) is 17.4. The third-order valence-electron chi connectivity index (χ3n) is 3.76. The van der Waals surface area contributed by atoms with E-state index in [0.717, 1.165) is 11.3 Å². The molecule has 0 spiro atoms. The van der Waals surface area contributed by atoms with Crippen molar-refractivity contribution < 1.29 is 28.2 Å². The Balaban J connectivity index is 2.31. The van der Waals surface area contributed by atoms with Crippen molar-refractivity contribution in [3.63, 3.8) is 0 Å². The van der Waals surface area contributed by atoms with E-state index in [2.05, 4.69) is 5.32 Å². The monoisotopic (exact) mass is 433 g/mol. The van der Waals surface area contributed by atoms with Crippen molar-refractivity contribution in [2.24, 2.45) is 0 Å². The second-order valence-corrected chi connectivity index (χ2v) is 8.06. The summed E-state index contributed by atoms with van der Waals surface area (Å²) in [6.45, 7) is 8.46. The van der Waals surface area contributed by atoms with E-state index in [1.165, 1.54) is 36.4 Å². The van der Waals surface area contributed by atoms with Crippen LogP contribution < -0.4 is 5.32 Å². The van der Waals surface area contributed by atoms with Gasteiger partial charge in [-0.15, -0.1) is 11.3 Å². The summed E-state index contributed by atoms with van der Waals surface area (Å²) in [5.41, 5.74) is 1.14. The number of thiophene rings is 1. The fraction of sp³-hybridized carbons (Fsp3) is 0.318. The van der Waals surface area contributed by atoms with Gasteiger partial charge in [0.25, 0.3) is 0 Å². The minimum Gasteiger partial charge on any atom is -0.459 e. The average Bonchev–Trinajstić information content (AvgIpc) is 2.96. The highest BCUT2D eigenvalue weighted by Gasteiger charge is 2.28. The molecular weight excluding hydrogens is 409 g/mol. The van der Waals surface area contributed by atoms with Gasteiger partial charge in [0.15, 0.2) is 0 Å². The molecule has 0 atom stereocenters. The summed E-state index contributed by atoms with van der Waals surface area (Å²) in [7, 11) is 0. The number of carbonyl (C=O) groups excluding carboxylic acids is 3. The van der Waals surface area contributed by atoms with E-state index < -0.39 is 17.8 Å². The number of halogens is 1. The van der Waals surface area contributed by atoms with E-state index in [0.29, 0.717) is 11.1 Å². The van der Waals surface area contributed by atoms with Gasteiger partial charge in [0, 0.05) is 6.08 Å². The number of amides is 1. The fourth-order valence-electron chi connectivity index (χ4n) is 2.48. The Kier molecular flexibility index (Phi) is 7.88. The van der Waals surface area contributed by atoms with Crippen molar-refractivity contribution in [3.05, 3.63) is 57.7 Å². The molecule has 1 aromatic carbocycles. The highest BCUT2D eigenvalue weighted by Crippen LogP contribution is 2.34. The van der Waals surface area contributed by atoms with Gasteiger partial charge in [-0.3, -0.25) is 4.79 Å². The lowest BCUT2D eigenvalue weighted by Crippen LogP contribution is -2.16. The normalized spacial score (nSPS) is 11.2. The van der Waals surface area contributed by atoms with Crippen LogP contribution in [0.15, 0.2) is 30.3 Å². The summed E-state index contributed by atoms with van der Waals surface area (Å²) >= 11 is 0.953. The molecule has 0 bridgehead atoms. The lowest BCUT2D eigenvalue weighted by molar-refractivity contribution is -0.111. The molecule has 2 aromatic rings. The predicted molar refractivity (Wildman–Crippen MR) is 114 cm³/mol. The first-order valence-electron chi connectivity index (χ1n) is 9.38. The van der Waals surface area contributed by atoms with Crippen molar-refractivity contribution in [3.8, 4) is 0 Å². The molecule has 0 radical (unpaired) electrons. The van der Waals surface area contributed by atoms with Crippen LogP contribution in [0.5, 0.6) is 0 Å². The van der Waals surface area contributed by atoms with Crippen LogP contribution in [0.2, 0.25) is 0 Å². The number of hydrogen-bond acceptors (Lipinski definition) is 6. The van der Waals surface area contributed by atoms with E-state index in [1.807, 2.05) is 0 Å². The van der Waals surface area contributed by atoms with E-state index in [-0.39, 0.29) is 33.5 Å². The molecule has 0 aliphatic carbocycles. The van der Waals surface area contributed by atoms with Gasteiger partial charge in [-0.05, 0) is 64.0 Å². The standard InChI is InChI=1S/C22H24FNO5S/c1-12(2)28-21(26)18-14(5)19(22(27)29-13(3)4)30-20(18)24-17(25)11-8-15-6-9-16(23)10-7-15/h6-13H,1-5H3,(H,24,25)/b11-8-. The SMILES string of the molecule is Cc1c(C(=O)OC(C)C)sc(NC(=O)/C=C\c2ccc(F)cc2)c1C(=O)OC(C)C. The highest BCUT2D eigenvalue weighted by atomic mass is 32.1. The number of esters is 2. The van der Waals surface area contributed by atoms with Gasteiger partial charge >= 0.3 is 11.9 Å². The molecule has 6 nitrogen and oxygen atoms in total. The van der Waals surface area contributed by atoms with Crippen molar-refractivity contribution in [2.45, 2.75) is 46.8 Å². The van der Waals surface area contributed by atoms with Crippen molar-refractivity contribution >= 4 is 40.3 Å². The summed E-state index contributed by atoms with van der Waals surface area (Å²) in [5.74, 6) is -2.10. The third kappa shape index (κ3) is 6.25. The van der Waals surface area contributed by atoms with Gasteiger partial charge in [-0.1, -0.05) is 12.1 Å². The number of rotatable bonds is 7. The predicted octanol–water partition coefficient (Wildman–Crippen LogP) is 4.98. The largest absolute Gasteiger partial charge is 0.459 e. The van der Waals surface area contributed by atoms with Gasteiger partial charge in [0.05, 0.1) is 17.8 Å². The maximum absolute atomic E-state index is 13.0. The number of benzene rings is 1. The molecule has 2 rings (SSSR count). The Hall–Kier alpha value is -3.00. The molecular formula is C22H24FNO5S. The molecule has 0 saturated heterocycles. The lowest BCUT2D eigenvalue weighted by atomic mass is 10.1. The van der Waals surface area contributed by atoms with Crippen molar-refractivity contribution in [1.29, 1.82) is 0 Å². The van der Waals surface area contributed by atoms with E-state index in [9.17, 15) is 18.8 Å². The van der Waals surface area contributed by atoms with Crippen LogP contribution >= 0.6 is 11.3 Å². The van der Waals surface area contributed by atoms with Gasteiger partial charge < -0.3 is 14.8 Å². The highest BCUT2D eigenvalue weighted by molar-refractivity contribution is 7.18. The minimum absolute atomic E-state index is 0.118. The van der Waals surface area contributed by atoms with Crippen LogP contribution in [0.3, 0.4) is 0 Å². The minimum atomic E-state index is -0.639. The second kappa shape index (κ2) is 10.2. The van der Waals surface area contributed by atoms with Gasteiger partial charge in [-0.25, -0.2) is 14.0 Å². The molecule has 1 N–H and O–H groups in total. The zero-order chi connectivity index (χ0) is 22.4.